The molecule has 0 aliphatic carbocycles. The first-order valence-corrected chi connectivity index (χ1v) is 11.6. The van der Waals surface area contributed by atoms with Gasteiger partial charge >= 0.3 is 0 Å². The first kappa shape index (κ1) is 22.8. The molecule has 8 heteroatoms. The monoisotopic (exact) mass is 448 g/mol. The number of aromatic nitrogens is 3. The zero-order valence-electron chi connectivity index (χ0n) is 19.1. The lowest BCUT2D eigenvalue weighted by Crippen LogP contribution is -2.40. The Morgan fingerprint density at radius 3 is 3.00 bits per heavy atom. The van der Waals surface area contributed by atoms with Crippen molar-refractivity contribution in [3.8, 4) is 0 Å². The summed E-state index contributed by atoms with van der Waals surface area (Å²) in [4.78, 5) is 18.9. The Labute approximate surface area is 194 Å². The zero-order valence-corrected chi connectivity index (χ0v) is 19.1. The van der Waals surface area contributed by atoms with Gasteiger partial charge in [0.2, 0.25) is 5.91 Å². The van der Waals surface area contributed by atoms with Crippen LogP contribution in [0.1, 0.15) is 43.7 Å². The summed E-state index contributed by atoms with van der Waals surface area (Å²) < 4.78 is 1.86. The van der Waals surface area contributed by atoms with Crippen LogP contribution in [0.25, 0.3) is 5.65 Å². The van der Waals surface area contributed by atoms with Crippen molar-refractivity contribution in [3.05, 3.63) is 60.3 Å². The molecule has 0 radical (unpaired) electrons. The second kappa shape index (κ2) is 10.5. The minimum atomic E-state index is -0.233. The number of aliphatic hydroxyl groups is 1. The molecule has 1 fully saturated rings. The molecule has 8 nitrogen and oxygen atoms in total. The lowest BCUT2D eigenvalue weighted by molar-refractivity contribution is -0.111. The van der Waals surface area contributed by atoms with E-state index in [1.807, 2.05) is 35.0 Å². The van der Waals surface area contributed by atoms with E-state index < -0.39 is 0 Å². The summed E-state index contributed by atoms with van der Waals surface area (Å²) in [5.74, 6) is 1.55. The molecule has 3 aromatic rings. The fourth-order valence-corrected chi connectivity index (χ4v) is 4.41. The van der Waals surface area contributed by atoms with Crippen LogP contribution in [-0.4, -0.2) is 44.8 Å². The first-order valence-electron chi connectivity index (χ1n) is 11.6. The molecular weight excluding hydrogens is 416 g/mol. The first-order chi connectivity index (χ1) is 16.1. The van der Waals surface area contributed by atoms with Crippen LogP contribution in [0.3, 0.4) is 0 Å². The maximum atomic E-state index is 11.6. The number of carbonyl (C=O) groups is 1. The predicted octanol–water partition coefficient (Wildman–Crippen LogP) is 3.77. The van der Waals surface area contributed by atoms with Crippen LogP contribution in [0.2, 0.25) is 0 Å². The number of aryl methyl sites for hydroxylation is 1. The van der Waals surface area contributed by atoms with Crippen molar-refractivity contribution in [1.82, 2.24) is 14.6 Å². The van der Waals surface area contributed by atoms with Gasteiger partial charge in [0, 0.05) is 43.1 Å². The number of nitrogens with one attached hydrogen (secondary N) is 2. The van der Waals surface area contributed by atoms with Crippen molar-refractivity contribution in [2.75, 3.05) is 28.7 Å². The third-order valence-corrected chi connectivity index (χ3v) is 6.15. The standard InChI is InChI=1S/C25H32N6O2/c1-3-19-17-27-31-22(26-16-18-8-7-9-20(14-18)28-24(33)4-2)15-23(29-25(19)31)30-12-6-5-10-21(30)11-13-32/h4,7-9,14-15,17,21,26,32H,2-3,5-6,10-13,16H2,1H3,(H,28,33)/t21-/m0/s1. The molecule has 174 valence electrons. The Balaban J connectivity index is 1.63. The van der Waals surface area contributed by atoms with E-state index in [1.165, 1.54) is 12.5 Å². The highest BCUT2D eigenvalue weighted by atomic mass is 16.3. The Hall–Kier alpha value is -3.39. The fraction of sp³-hybridized carbons (Fsp3) is 0.400. The highest BCUT2D eigenvalue weighted by Crippen LogP contribution is 2.29. The van der Waals surface area contributed by atoms with E-state index in [-0.39, 0.29) is 12.5 Å². The quantitative estimate of drug-likeness (QED) is 0.432. The van der Waals surface area contributed by atoms with E-state index in [2.05, 4.69) is 40.2 Å². The van der Waals surface area contributed by atoms with Crippen molar-refractivity contribution < 1.29 is 9.90 Å². The third-order valence-electron chi connectivity index (χ3n) is 6.15. The molecule has 4 rings (SSSR count). The molecule has 3 N–H and O–H groups in total. The fourth-order valence-electron chi connectivity index (χ4n) is 4.41. The van der Waals surface area contributed by atoms with Gasteiger partial charge in [-0.3, -0.25) is 4.79 Å². The highest BCUT2D eigenvalue weighted by Gasteiger charge is 2.24. The van der Waals surface area contributed by atoms with Crippen LogP contribution in [-0.2, 0) is 17.8 Å². The SMILES string of the molecule is C=CC(=O)Nc1cccc(CNc2cc(N3CCCC[C@H]3CCO)nc3c(CC)cnn23)c1. The van der Waals surface area contributed by atoms with Crippen LogP contribution in [0.5, 0.6) is 0 Å². The van der Waals surface area contributed by atoms with Crippen molar-refractivity contribution >= 4 is 28.9 Å². The van der Waals surface area contributed by atoms with Crippen LogP contribution in [0, 0.1) is 0 Å². The van der Waals surface area contributed by atoms with Gasteiger partial charge in [0.15, 0.2) is 5.65 Å². The van der Waals surface area contributed by atoms with E-state index in [4.69, 9.17) is 4.98 Å². The average molecular weight is 449 g/mol. The molecular formula is C25H32N6O2. The lowest BCUT2D eigenvalue weighted by atomic mass is 9.99. The van der Waals surface area contributed by atoms with Gasteiger partial charge in [-0.1, -0.05) is 25.6 Å². The summed E-state index contributed by atoms with van der Waals surface area (Å²) >= 11 is 0. The van der Waals surface area contributed by atoms with Gasteiger partial charge < -0.3 is 20.6 Å². The maximum Gasteiger partial charge on any atom is 0.247 e. The summed E-state index contributed by atoms with van der Waals surface area (Å²) in [6.07, 6.45) is 8.11. The summed E-state index contributed by atoms with van der Waals surface area (Å²) in [6, 6.07) is 10.1. The normalized spacial score (nSPS) is 16.1. The lowest BCUT2D eigenvalue weighted by Gasteiger charge is -2.36. The molecule has 1 aliphatic rings. The Kier molecular flexibility index (Phi) is 7.24. The van der Waals surface area contributed by atoms with Crippen molar-refractivity contribution in [1.29, 1.82) is 0 Å². The van der Waals surface area contributed by atoms with Gasteiger partial charge in [-0.25, -0.2) is 4.98 Å². The summed E-state index contributed by atoms with van der Waals surface area (Å²) in [5, 5.41) is 20.4. The van der Waals surface area contributed by atoms with Crippen molar-refractivity contribution in [2.45, 2.75) is 51.6 Å². The number of fused-ring (bicyclic) bond motifs is 1. The Bertz CT molecular complexity index is 1120. The van der Waals surface area contributed by atoms with Gasteiger partial charge in [-0.15, -0.1) is 0 Å². The number of aliphatic hydroxyl groups excluding tert-OH is 1. The second-order valence-electron chi connectivity index (χ2n) is 8.36. The molecule has 0 bridgehead atoms. The van der Waals surface area contributed by atoms with Gasteiger partial charge in [0.05, 0.1) is 6.20 Å². The minimum Gasteiger partial charge on any atom is -0.396 e. The van der Waals surface area contributed by atoms with Crippen LogP contribution in [0.15, 0.2) is 49.2 Å². The number of anilines is 3. The number of hydrogen-bond donors (Lipinski definition) is 3. The van der Waals surface area contributed by atoms with Gasteiger partial charge in [0.1, 0.15) is 11.6 Å². The highest BCUT2D eigenvalue weighted by molar-refractivity contribution is 5.98. The van der Waals surface area contributed by atoms with E-state index in [9.17, 15) is 9.90 Å². The smallest absolute Gasteiger partial charge is 0.247 e. The topological polar surface area (TPSA) is 94.8 Å². The van der Waals surface area contributed by atoms with E-state index in [1.54, 1.807) is 0 Å². The molecule has 0 unspecified atom stereocenters. The molecule has 1 amide bonds. The molecule has 1 aromatic carbocycles. The summed E-state index contributed by atoms with van der Waals surface area (Å²) in [5.41, 5.74) is 3.72. The molecule has 1 saturated heterocycles. The number of benzene rings is 1. The molecule has 3 heterocycles. The number of rotatable bonds is 9. The number of carbonyl (C=O) groups excluding carboxylic acids is 1. The van der Waals surface area contributed by atoms with Crippen LogP contribution < -0.4 is 15.5 Å². The third kappa shape index (κ3) is 5.17. The molecule has 0 spiro atoms. The Morgan fingerprint density at radius 1 is 1.33 bits per heavy atom. The zero-order chi connectivity index (χ0) is 23.2. The number of nitrogens with zero attached hydrogens (tertiary/aromatic N) is 4. The largest absolute Gasteiger partial charge is 0.396 e. The molecule has 2 aromatic heterocycles. The Morgan fingerprint density at radius 2 is 2.21 bits per heavy atom. The van der Waals surface area contributed by atoms with E-state index in [0.717, 1.165) is 66.3 Å². The minimum absolute atomic E-state index is 0.181. The van der Waals surface area contributed by atoms with Gasteiger partial charge in [-0.05, 0) is 55.9 Å². The molecule has 0 saturated carbocycles. The van der Waals surface area contributed by atoms with Gasteiger partial charge in [-0.2, -0.15) is 9.61 Å². The maximum absolute atomic E-state index is 11.6. The van der Waals surface area contributed by atoms with E-state index >= 15 is 0 Å². The van der Waals surface area contributed by atoms with Crippen LogP contribution in [0.4, 0.5) is 17.3 Å². The summed E-state index contributed by atoms with van der Waals surface area (Å²) in [6.45, 7) is 7.29. The number of piperidine rings is 1. The molecule has 33 heavy (non-hydrogen) atoms. The average Bonchev–Trinajstić information content (AvgIpc) is 3.26. The number of amides is 1. The number of hydrogen-bond acceptors (Lipinski definition) is 6. The van der Waals surface area contributed by atoms with Crippen LogP contribution >= 0.6 is 0 Å². The molecule has 1 atom stereocenters. The predicted molar refractivity (Wildman–Crippen MR) is 132 cm³/mol. The van der Waals surface area contributed by atoms with E-state index in [0.29, 0.717) is 12.6 Å². The summed E-state index contributed by atoms with van der Waals surface area (Å²) in [7, 11) is 0. The van der Waals surface area contributed by atoms with Crippen molar-refractivity contribution in [2.24, 2.45) is 0 Å². The molecule has 1 aliphatic heterocycles. The van der Waals surface area contributed by atoms with Gasteiger partial charge in [0.25, 0.3) is 0 Å². The van der Waals surface area contributed by atoms with Crippen molar-refractivity contribution in [3.63, 3.8) is 0 Å². The second-order valence-corrected chi connectivity index (χ2v) is 8.36.